The molecule has 0 saturated heterocycles. The van der Waals surface area contributed by atoms with Crippen LogP contribution >= 0.6 is 0 Å². The Labute approximate surface area is 203 Å². The van der Waals surface area contributed by atoms with Crippen LogP contribution in [0, 0.1) is 5.92 Å². The van der Waals surface area contributed by atoms with Gasteiger partial charge in [0.25, 0.3) is 11.5 Å². The highest BCUT2D eigenvalue weighted by atomic mass is 16.5. The van der Waals surface area contributed by atoms with Crippen molar-refractivity contribution in [2.45, 2.75) is 19.9 Å². The van der Waals surface area contributed by atoms with Crippen LogP contribution in [0.1, 0.15) is 28.5 Å². The Morgan fingerprint density at radius 1 is 0.886 bits per heavy atom. The fraction of sp³-hybridized carbons (Fsp3) is 0.214. The van der Waals surface area contributed by atoms with Gasteiger partial charge in [0, 0.05) is 11.9 Å². The third-order valence-electron chi connectivity index (χ3n) is 5.71. The maximum Gasteiger partial charge on any atom is 0.311 e. The van der Waals surface area contributed by atoms with Crippen molar-refractivity contribution in [2.75, 3.05) is 13.2 Å². The van der Waals surface area contributed by atoms with E-state index in [2.05, 4.69) is 10.4 Å². The molecular weight excluding hydrogens is 442 g/mol. The van der Waals surface area contributed by atoms with E-state index in [4.69, 9.17) is 4.74 Å². The predicted molar refractivity (Wildman–Crippen MR) is 134 cm³/mol. The Balaban J connectivity index is 1.61. The van der Waals surface area contributed by atoms with E-state index in [0.717, 1.165) is 11.1 Å². The van der Waals surface area contributed by atoms with E-state index in [0.29, 0.717) is 17.2 Å². The number of ether oxygens (including phenoxy) is 1. The Kier molecular flexibility index (Phi) is 7.67. The molecule has 1 N–H and O–H groups in total. The summed E-state index contributed by atoms with van der Waals surface area (Å²) >= 11 is 0. The topological polar surface area (TPSA) is 90.3 Å². The molecule has 4 rings (SSSR count). The van der Waals surface area contributed by atoms with Crippen molar-refractivity contribution >= 4 is 22.6 Å². The fourth-order valence-corrected chi connectivity index (χ4v) is 3.96. The van der Waals surface area contributed by atoms with Gasteiger partial charge in [-0.3, -0.25) is 14.4 Å². The number of carbonyl (C=O) groups excluding carboxylic acids is 2. The van der Waals surface area contributed by atoms with Crippen LogP contribution in [0.15, 0.2) is 89.7 Å². The van der Waals surface area contributed by atoms with Gasteiger partial charge in [-0.05, 0) is 30.5 Å². The Hall–Kier alpha value is -4.26. The molecular formula is C28H27N3O4. The molecule has 35 heavy (non-hydrogen) atoms. The number of hydrogen-bond donors (Lipinski definition) is 1. The standard InChI is InChI=1S/C28H27N3O4/c1-2-35-28(34)22(17-20-11-5-3-6-12-20)18-29-26(32)25-23-15-9-10-16-24(23)27(33)31(30-25)19-21-13-7-4-8-14-21/h3-16,22H,2,17-19H2,1H3,(H,29,32). The Morgan fingerprint density at radius 3 is 2.14 bits per heavy atom. The second-order valence-electron chi connectivity index (χ2n) is 8.19. The van der Waals surface area contributed by atoms with Crippen molar-refractivity contribution in [2.24, 2.45) is 5.92 Å². The van der Waals surface area contributed by atoms with Gasteiger partial charge in [-0.15, -0.1) is 0 Å². The van der Waals surface area contributed by atoms with E-state index in [1.165, 1.54) is 4.68 Å². The minimum atomic E-state index is -0.553. The summed E-state index contributed by atoms with van der Waals surface area (Å²) in [6, 6.07) is 26.0. The van der Waals surface area contributed by atoms with Crippen LogP contribution in [0.3, 0.4) is 0 Å². The van der Waals surface area contributed by atoms with Gasteiger partial charge in [0.05, 0.1) is 24.5 Å². The number of hydrogen-bond acceptors (Lipinski definition) is 5. The zero-order valence-corrected chi connectivity index (χ0v) is 19.5. The van der Waals surface area contributed by atoms with Crippen molar-refractivity contribution in [3.05, 3.63) is 112 Å². The highest BCUT2D eigenvalue weighted by Crippen LogP contribution is 2.15. The van der Waals surface area contributed by atoms with Gasteiger partial charge in [0.1, 0.15) is 0 Å². The Morgan fingerprint density at radius 2 is 1.49 bits per heavy atom. The molecule has 3 aromatic carbocycles. The molecule has 1 unspecified atom stereocenters. The predicted octanol–water partition coefficient (Wildman–Crippen LogP) is 3.60. The van der Waals surface area contributed by atoms with Crippen LogP contribution < -0.4 is 10.9 Å². The zero-order chi connectivity index (χ0) is 24.6. The van der Waals surface area contributed by atoms with Gasteiger partial charge in [-0.2, -0.15) is 5.10 Å². The van der Waals surface area contributed by atoms with Crippen LogP contribution in [0.25, 0.3) is 10.8 Å². The first kappa shape index (κ1) is 23.9. The highest BCUT2D eigenvalue weighted by molar-refractivity contribution is 6.04. The van der Waals surface area contributed by atoms with Gasteiger partial charge < -0.3 is 10.1 Å². The van der Waals surface area contributed by atoms with Crippen LogP contribution in [-0.4, -0.2) is 34.8 Å². The summed E-state index contributed by atoms with van der Waals surface area (Å²) in [4.78, 5) is 38.9. The summed E-state index contributed by atoms with van der Waals surface area (Å²) in [6.07, 6.45) is 0.432. The molecule has 7 nitrogen and oxygen atoms in total. The van der Waals surface area contributed by atoms with Gasteiger partial charge in [-0.1, -0.05) is 78.9 Å². The average Bonchev–Trinajstić information content (AvgIpc) is 2.89. The number of benzene rings is 3. The van der Waals surface area contributed by atoms with Crippen LogP contribution in [0.2, 0.25) is 0 Å². The molecule has 0 aliphatic heterocycles. The second-order valence-corrected chi connectivity index (χ2v) is 8.19. The maximum absolute atomic E-state index is 13.3. The molecule has 0 saturated carbocycles. The maximum atomic E-state index is 13.3. The quantitative estimate of drug-likeness (QED) is 0.378. The molecule has 4 aromatic rings. The largest absolute Gasteiger partial charge is 0.466 e. The molecule has 178 valence electrons. The van der Waals surface area contributed by atoms with Crippen molar-refractivity contribution < 1.29 is 14.3 Å². The first-order chi connectivity index (χ1) is 17.1. The van der Waals surface area contributed by atoms with Crippen molar-refractivity contribution in [3.8, 4) is 0 Å². The summed E-state index contributed by atoms with van der Waals surface area (Å²) in [5, 5.41) is 8.14. The molecule has 1 atom stereocenters. The van der Waals surface area contributed by atoms with Crippen molar-refractivity contribution in [1.82, 2.24) is 15.1 Å². The molecule has 0 spiro atoms. The van der Waals surface area contributed by atoms with E-state index >= 15 is 0 Å². The van der Waals surface area contributed by atoms with Gasteiger partial charge >= 0.3 is 5.97 Å². The number of carbonyl (C=O) groups is 2. The molecule has 0 aliphatic rings. The molecule has 0 aliphatic carbocycles. The van der Waals surface area contributed by atoms with E-state index < -0.39 is 11.8 Å². The lowest BCUT2D eigenvalue weighted by Crippen LogP contribution is -2.37. The lowest BCUT2D eigenvalue weighted by Gasteiger charge is -2.17. The van der Waals surface area contributed by atoms with Crippen molar-refractivity contribution in [3.63, 3.8) is 0 Å². The molecule has 7 heteroatoms. The van der Waals surface area contributed by atoms with Crippen LogP contribution in [0.5, 0.6) is 0 Å². The first-order valence-corrected chi connectivity index (χ1v) is 11.6. The molecule has 1 heterocycles. The number of amides is 1. The number of fused-ring (bicyclic) bond motifs is 1. The monoisotopic (exact) mass is 469 g/mol. The van der Waals surface area contributed by atoms with Gasteiger partial charge in [0.15, 0.2) is 5.69 Å². The summed E-state index contributed by atoms with van der Waals surface area (Å²) in [7, 11) is 0. The lowest BCUT2D eigenvalue weighted by molar-refractivity contribution is -0.147. The van der Waals surface area contributed by atoms with E-state index in [-0.39, 0.29) is 36.9 Å². The summed E-state index contributed by atoms with van der Waals surface area (Å²) in [5.74, 6) is -1.38. The van der Waals surface area contributed by atoms with Gasteiger partial charge in [0.2, 0.25) is 0 Å². The third-order valence-corrected chi connectivity index (χ3v) is 5.71. The first-order valence-electron chi connectivity index (χ1n) is 11.6. The number of esters is 1. The number of nitrogens with one attached hydrogen (secondary N) is 1. The normalized spacial score (nSPS) is 11.7. The molecule has 1 aromatic heterocycles. The second kappa shape index (κ2) is 11.2. The number of aromatic nitrogens is 2. The summed E-state index contributed by atoms with van der Waals surface area (Å²) in [6.45, 7) is 2.33. The highest BCUT2D eigenvalue weighted by Gasteiger charge is 2.23. The van der Waals surface area contributed by atoms with E-state index in [1.54, 1.807) is 31.2 Å². The minimum Gasteiger partial charge on any atom is -0.466 e. The summed E-state index contributed by atoms with van der Waals surface area (Å²) < 4.78 is 6.54. The number of rotatable bonds is 9. The van der Waals surface area contributed by atoms with Crippen molar-refractivity contribution in [1.29, 1.82) is 0 Å². The van der Waals surface area contributed by atoms with Gasteiger partial charge in [-0.25, -0.2) is 4.68 Å². The van der Waals surface area contributed by atoms with Crippen LogP contribution in [-0.2, 0) is 22.5 Å². The molecule has 1 amide bonds. The summed E-state index contributed by atoms with van der Waals surface area (Å²) in [5.41, 5.74) is 1.74. The van der Waals surface area contributed by atoms with E-state index in [1.807, 2.05) is 60.7 Å². The molecule has 0 bridgehead atoms. The smallest absolute Gasteiger partial charge is 0.311 e. The van der Waals surface area contributed by atoms with Crippen LogP contribution in [0.4, 0.5) is 0 Å². The third kappa shape index (κ3) is 5.81. The fourth-order valence-electron chi connectivity index (χ4n) is 3.96. The SMILES string of the molecule is CCOC(=O)C(CNC(=O)c1nn(Cc2ccccc2)c(=O)c2ccccc12)Cc1ccccc1. The Bertz CT molecular complexity index is 1370. The molecule has 0 radical (unpaired) electrons. The lowest BCUT2D eigenvalue weighted by atomic mass is 9.99. The average molecular weight is 470 g/mol. The van der Waals surface area contributed by atoms with E-state index in [9.17, 15) is 14.4 Å². The molecule has 0 fully saturated rings. The number of nitrogens with zero attached hydrogens (tertiary/aromatic N) is 2. The minimum absolute atomic E-state index is 0.0837. The zero-order valence-electron chi connectivity index (χ0n) is 19.5.